The number of rotatable bonds is 5. The molecule has 148 valence electrons. The van der Waals surface area contributed by atoms with E-state index in [2.05, 4.69) is 31.0 Å². The Morgan fingerprint density at radius 2 is 1.83 bits per heavy atom. The van der Waals surface area contributed by atoms with Crippen molar-refractivity contribution in [3.63, 3.8) is 0 Å². The normalized spacial score (nSPS) is 11.8. The van der Waals surface area contributed by atoms with Crippen molar-refractivity contribution < 1.29 is 4.92 Å². The minimum absolute atomic E-state index is 0.0589. The minimum atomic E-state index is -0.441. The lowest BCUT2D eigenvalue weighted by Crippen LogP contribution is -2.12. The molecule has 0 unspecified atom stereocenters. The monoisotopic (exact) mass is 479 g/mol. The van der Waals surface area contributed by atoms with E-state index in [9.17, 15) is 10.1 Å². The summed E-state index contributed by atoms with van der Waals surface area (Å²) in [5.74, 6) is 0. The minimum Gasteiger partial charge on any atom is -0.258 e. The molecule has 0 radical (unpaired) electrons. The number of nitro benzene ring substituents is 1. The van der Waals surface area contributed by atoms with Crippen molar-refractivity contribution in [2.75, 3.05) is 0 Å². The molecule has 0 spiro atoms. The summed E-state index contributed by atoms with van der Waals surface area (Å²) in [6.45, 7) is 0. The van der Waals surface area contributed by atoms with Crippen LogP contribution in [0.25, 0.3) is 11.3 Å². The van der Waals surface area contributed by atoms with E-state index >= 15 is 0 Å². The summed E-state index contributed by atoms with van der Waals surface area (Å²) in [5.41, 5.74) is 2.66. The van der Waals surface area contributed by atoms with Crippen molar-refractivity contribution in [3.8, 4) is 11.3 Å². The molecule has 7 nitrogen and oxygen atoms in total. The van der Waals surface area contributed by atoms with Gasteiger partial charge in [-0.2, -0.15) is 5.10 Å². The fourth-order valence-corrected chi connectivity index (χ4v) is 3.81. The zero-order valence-electron chi connectivity index (χ0n) is 15.4. The second-order valence-corrected chi connectivity index (χ2v) is 7.83. The maximum absolute atomic E-state index is 11.4. The highest BCUT2D eigenvalue weighted by molar-refractivity contribution is 9.10. The van der Waals surface area contributed by atoms with E-state index in [0.717, 1.165) is 15.7 Å². The first-order valence-electron chi connectivity index (χ1n) is 8.82. The maximum atomic E-state index is 11.4. The smallest absolute Gasteiger partial charge is 0.258 e. The molecule has 2 heterocycles. The molecule has 0 N–H and O–H groups in total. The van der Waals surface area contributed by atoms with Crippen LogP contribution in [-0.4, -0.2) is 20.8 Å². The van der Waals surface area contributed by atoms with Crippen molar-refractivity contribution in [1.29, 1.82) is 0 Å². The van der Waals surface area contributed by atoms with Gasteiger partial charge in [0.05, 0.1) is 22.5 Å². The van der Waals surface area contributed by atoms with Gasteiger partial charge in [-0.25, -0.2) is 9.67 Å². The molecule has 0 amide bonds. The van der Waals surface area contributed by atoms with Crippen LogP contribution in [0, 0.1) is 10.1 Å². The van der Waals surface area contributed by atoms with Crippen molar-refractivity contribution >= 4 is 44.9 Å². The van der Waals surface area contributed by atoms with Crippen molar-refractivity contribution in [1.82, 2.24) is 9.66 Å². The van der Waals surface area contributed by atoms with Gasteiger partial charge in [-0.3, -0.25) is 15.1 Å². The SMILES string of the molecule is O=[N+]([O-])c1ccccc1N=c1scc(-c2ccc(Br)cc2)n1/N=C/c1ccccn1. The van der Waals surface area contributed by atoms with Gasteiger partial charge in [0.1, 0.15) is 5.69 Å². The van der Waals surface area contributed by atoms with Crippen LogP contribution >= 0.6 is 27.3 Å². The number of nitro groups is 1. The third-order valence-corrected chi connectivity index (χ3v) is 5.46. The van der Waals surface area contributed by atoms with Gasteiger partial charge in [-0.15, -0.1) is 11.3 Å². The Labute approximate surface area is 184 Å². The van der Waals surface area contributed by atoms with E-state index in [1.807, 2.05) is 47.8 Å². The van der Waals surface area contributed by atoms with Gasteiger partial charge in [0, 0.05) is 27.7 Å². The van der Waals surface area contributed by atoms with Gasteiger partial charge in [0.2, 0.25) is 4.80 Å². The van der Waals surface area contributed by atoms with E-state index in [-0.39, 0.29) is 11.4 Å². The van der Waals surface area contributed by atoms with Crippen LogP contribution in [0.5, 0.6) is 0 Å². The lowest BCUT2D eigenvalue weighted by atomic mass is 10.2. The molecule has 0 aliphatic rings. The third kappa shape index (κ3) is 4.42. The molecule has 4 aromatic rings. The summed E-state index contributed by atoms with van der Waals surface area (Å²) in [5, 5.41) is 17.9. The molecule has 0 saturated carbocycles. The largest absolute Gasteiger partial charge is 0.294 e. The quantitative estimate of drug-likeness (QED) is 0.218. The molecular formula is C21H14BrN5O2S. The Kier molecular flexibility index (Phi) is 5.92. The summed E-state index contributed by atoms with van der Waals surface area (Å²) in [4.78, 5) is 20.2. The molecule has 0 fully saturated rings. The molecule has 0 saturated heterocycles. The highest BCUT2D eigenvalue weighted by Gasteiger charge is 2.13. The first kappa shape index (κ1) is 19.9. The number of para-hydroxylation sites is 2. The molecule has 0 bridgehead atoms. The fourth-order valence-electron chi connectivity index (χ4n) is 2.69. The summed E-state index contributed by atoms with van der Waals surface area (Å²) >= 11 is 4.80. The first-order chi connectivity index (χ1) is 14.6. The van der Waals surface area contributed by atoms with Crippen molar-refractivity contribution in [2.24, 2.45) is 10.1 Å². The summed E-state index contributed by atoms with van der Waals surface area (Å²) in [7, 11) is 0. The molecular weight excluding hydrogens is 466 g/mol. The van der Waals surface area contributed by atoms with Crippen LogP contribution in [0.4, 0.5) is 11.4 Å². The van der Waals surface area contributed by atoms with Crippen molar-refractivity contribution in [2.45, 2.75) is 0 Å². The summed E-state index contributed by atoms with van der Waals surface area (Å²) < 4.78 is 2.63. The lowest BCUT2D eigenvalue weighted by molar-refractivity contribution is -0.384. The number of benzene rings is 2. The number of hydrogen-bond acceptors (Lipinski definition) is 6. The first-order valence-corrected chi connectivity index (χ1v) is 10.5. The fraction of sp³-hybridized carbons (Fsp3) is 0. The number of halogens is 1. The zero-order chi connectivity index (χ0) is 20.9. The predicted molar refractivity (Wildman–Crippen MR) is 121 cm³/mol. The molecule has 0 aliphatic heterocycles. The number of nitrogens with zero attached hydrogens (tertiary/aromatic N) is 5. The van der Waals surface area contributed by atoms with E-state index < -0.39 is 4.92 Å². The standard InChI is InChI=1S/C21H14BrN5O2S/c22-16-10-8-15(9-11-16)20-14-30-21(25-18-6-1-2-7-19(18)27(28)29)26(20)24-13-17-5-3-4-12-23-17/h1-14H/b24-13+,25-21?. The number of thiazole rings is 1. The van der Waals surface area contributed by atoms with Gasteiger partial charge in [-0.05, 0) is 30.3 Å². The van der Waals surface area contributed by atoms with Gasteiger partial charge < -0.3 is 0 Å². The van der Waals surface area contributed by atoms with E-state index in [0.29, 0.717) is 10.5 Å². The van der Waals surface area contributed by atoms with Gasteiger partial charge in [0.15, 0.2) is 0 Å². The van der Waals surface area contributed by atoms with E-state index in [1.54, 1.807) is 35.3 Å². The number of aromatic nitrogens is 2. The van der Waals surface area contributed by atoms with Crippen molar-refractivity contribution in [3.05, 3.63) is 103 Å². The van der Waals surface area contributed by atoms with Gasteiger partial charge >= 0.3 is 0 Å². The number of pyridine rings is 1. The van der Waals surface area contributed by atoms with E-state index in [1.165, 1.54) is 17.4 Å². The molecule has 2 aromatic carbocycles. The third-order valence-electron chi connectivity index (χ3n) is 4.11. The second kappa shape index (κ2) is 8.93. The van der Waals surface area contributed by atoms with Crippen LogP contribution in [0.15, 0.2) is 92.9 Å². The average molecular weight is 480 g/mol. The molecule has 0 aliphatic carbocycles. The van der Waals surface area contributed by atoms with Gasteiger partial charge in [-0.1, -0.05) is 46.3 Å². The van der Waals surface area contributed by atoms with Crippen LogP contribution in [0.3, 0.4) is 0 Å². The molecule has 4 rings (SSSR count). The van der Waals surface area contributed by atoms with E-state index in [4.69, 9.17) is 0 Å². The Morgan fingerprint density at radius 3 is 2.57 bits per heavy atom. The molecule has 30 heavy (non-hydrogen) atoms. The van der Waals surface area contributed by atoms with Crippen LogP contribution in [0.2, 0.25) is 0 Å². The molecule has 0 atom stereocenters. The Bertz CT molecular complexity index is 1280. The molecule has 2 aromatic heterocycles. The second-order valence-electron chi connectivity index (χ2n) is 6.08. The number of hydrogen-bond donors (Lipinski definition) is 0. The Morgan fingerprint density at radius 1 is 1.07 bits per heavy atom. The summed E-state index contributed by atoms with van der Waals surface area (Å²) in [6, 6.07) is 19.8. The maximum Gasteiger partial charge on any atom is 0.294 e. The Balaban J connectivity index is 1.88. The van der Waals surface area contributed by atoms with Gasteiger partial charge in [0.25, 0.3) is 5.69 Å². The average Bonchev–Trinajstić information content (AvgIpc) is 3.16. The highest BCUT2D eigenvalue weighted by Crippen LogP contribution is 2.27. The predicted octanol–water partition coefficient (Wildman–Crippen LogP) is 5.40. The Hall–Kier alpha value is -3.43. The molecule has 9 heteroatoms. The highest BCUT2D eigenvalue weighted by atomic mass is 79.9. The zero-order valence-corrected chi connectivity index (χ0v) is 17.8. The lowest BCUT2D eigenvalue weighted by Gasteiger charge is -2.04. The van der Waals surface area contributed by atoms with Crippen LogP contribution in [0.1, 0.15) is 5.69 Å². The topological polar surface area (TPSA) is 85.7 Å². The summed E-state index contributed by atoms with van der Waals surface area (Å²) in [6.07, 6.45) is 3.32. The van der Waals surface area contributed by atoms with Crippen LogP contribution < -0.4 is 4.80 Å². The van der Waals surface area contributed by atoms with Crippen LogP contribution in [-0.2, 0) is 0 Å².